The van der Waals surface area contributed by atoms with Crippen LogP contribution in [-0.2, 0) is 36.8 Å². The SMILES string of the molecule is C[C@H]1NC(=O)[C@H](Cc2ccc3ccccc3c2)NC(=O)[C@H](CCCN=C(N)N)NC(=O)[C@@H](CCCN=C(N)N)NC(=O)[C@@H](Cc2ccc(O)cc2)NC1=O. The van der Waals surface area contributed by atoms with Gasteiger partial charge >= 0.3 is 0 Å². The van der Waals surface area contributed by atoms with Crippen molar-refractivity contribution in [3.05, 3.63) is 77.9 Å². The lowest BCUT2D eigenvalue weighted by Crippen LogP contribution is -2.58. The Labute approximate surface area is 312 Å². The molecule has 0 aromatic heterocycles. The molecule has 0 aliphatic carbocycles. The van der Waals surface area contributed by atoms with E-state index < -0.39 is 59.7 Å². The van der Waals surface area contributed by atoms with E-state index in [1.54, 1.807) is 12.1 Å². The summed E-state index contributed by atoms with van der Waals surface area (Å²) in [6.07, 6.45) is 0.742. The summed E-state index contributed by atoms with van der Waals surface area (Å²) in [6.45, 7) is 1.77. The Morgan fingerprint density at radius 3 is 1.57 bits per heavy atom. The number of nitrogens with two attached hydrogens (primary N) is 4. The van der Waals surface area contributed by atoms with Crippen molar-refractivity contribution in [2.24, 2.45) is 32.9 Å². The number of nitrogens with zero attached hydrogens (tertiary/aromatic N) is 2. The Morgan fingerprint density at radius 1 is 0.574 bits per heavy atom. The molecule has 54 heavy (non-hydrogen) atoms. The monoisotopic (exact) mass is 743 g/mol. The maximum absolute atomic E-state index is 14.0. The smallest absolute Gasteiger partial charge is 0.243 e. The summed E-state index contributed by atoms with van der Waals surface area (Å²) in [7, 11) is 0. The van der Waals surface area contributed by atoms with Crippen LogP contribution in [0, 0.1) is 0 Å². The molecule has 4 rings (SSSR count). The lowest BCUT2D eigenvalue weighted by Gasteiger charge is -2.26. The van der Waals surface area contributed by atoms with E-state index in [0.29, 0.717) is 5.56 Å². The highest BCUT2D eigenvalue weighted by atomic mass is 16.3. The average molecular weight is 744 g/mol. The molecule has 1 fully saturated rings. The molecule has 0 unspecified atom stereocenters. The predicted molar refractivity (Wildman–Crippen MR) is 205 cm³/mol. The van der Waals surface area contributed by atoms with Crippen LogP contribution in [0.1, 0.15) is 43.7 Å². The fourth-order valence-electron chi connectivity index (χ4n) is 5.93. The highest BCUT2D eigenvalue weighted by Crippen LogP contribution is 2.18. The van der Waals surface area contributed by atoms with Gasteiger partial charge in [0.25, 0.3) is 0 Å². The number of fused-ring (bicyclic) bond motifs is 1. The molecule has 0 bridgehead atoms. The molecule has 1 saturated heterocycles. The minimum Gasteiger partial charge on any atom is -0.508 e. The van der Waals surface area contributed by atoms with Crippen LogP contribution >= 0.6 is 0 Å². The van der Waals surface area contributed by atoms with Crippen LogP contribution in [0.4, 0.5) is 0 Å². The molecule has 14 N–H and O–H groups in total. The first-order chi connectivity index (χ1) is 25.8. The molecule has 288 valence electrons. The van der Waals surface area contributed by atoms with Gasteiger partial charge in [0.1, 0.15) is 36.0 Å². The van der Waals surface area contributed by atoms with E-state index in [4.69, 9.17) is 22.9 Å². The molecule has 5 atom stereocenters. The van der Waals surface area contributed by atoms with Crippen LogP contribution in [-0.4, -0.2) is 89.9 Å². The molecule has 17 heteroatoms. The number of hydrogen-bond donors (Lipinski definition) is 10. The summed E-state index contributed by atoms with van der Waals surface area (Å²) < 4.78 is 0. The van der Waals surface area contributed by atoms with E-state index in [1.165, 1.54) is 19.1 Å². The molecule has 17 nitrogen and oxygen atoms in total. The van der Waals surface area contributed by atoms with Gasteiger partial charge in [-0.2, -0.15) is 0 Å². The first-order valence-electron chi connectivity index (χ1n) is 17.7. The second-order valence-electron chi connectivity index (χ2n) is 13.1. The fourth-order valence-corrected chi connectivity index (χ4v) is 5.93. The summed E-state index contributed by atoms with van der Waals surface area (Å²) >= 11 is 0. The topological polar surface area (TPSA) is 295 Å². The second kappa shape index (κ2) is 19.4. The summed E-state index contributed by atoms with van der Waals surface area (Å²) in [4.78, 5) is 77.2. The van der Waals surface area contributed by atoms with E-state index in [2.05, 4.69) is 36.6 Å². The Morgan fingerprint density at radius 2 is 1.02 bits per heavy atom. The van der Waals surface area contributed by atoms with Crippen molar-refractivity contribution in [2.45, 2.75) is 75.7 Å². The first-order valence-corrected chi connectivity index (χ1v) is 17.7. The van der Waals surface area contributed by atoms with Crippen LogP contribution in [0.3, 0.4) is 0 Å². The zero-order chi connectivity index (χ0) is 39.2. The number of amides is 5. The maximum Gasteiger partial charge on any atom is 0.243 e. The van der Waals surface area contributed by atoms with Gasteiger partial charge in [0.15, 0.2) is 11.9 Å². The van der Waals surface area contributed by atoms with Gasteiger partial charge in [-0.3, -0.25) is 34.0 Å². The molecule has 0 spiro atoms. The number of carbonyl (C=O) groups is 5. The molecule has 1 aliphatic heterocycles. The number of aromatic hydroxyl groups is 1. The molecule has 1 heterocycles. The van der Waals surface area contributed by atoms with Gasteiger partial charge in [-0.05, 0) is 66.6 Å². The minimum absolute atomic E-state index is 0.0115. The number of phenolic OH excluding ortho intramolecular Hbond substituents is 1. The second-order valence-corrected chi connectivity index (χ2v) is 13.1. The molecule has 3 aromatic carbocycles. The predicted octanol–water partition coefficient (Wildman–Crippen LogP) is -1.10. The standard InChI is InChI=1S/C37H49N11O6/c1-21-31(50)47-29(19-22-11-14-26(49)15-12-22)35(54)46-27(8-4-16-42-36(38)39)32(51)45-28(9-5-17-43-37(40)41)33(52)48-30(34(53)44-21)20-23-10-13-24-6-2-3-7-25(24)18-23/h2-3,6-7,10-15,18,21,27-30,49H,4-5,8-9,16-17,19-20H2,1H3,(H,44,53)(H,45,51)(H,46,54)(H,47,50)(H,48,52)(H4,38,39,42)(H4,40,41,43)/t21-,27-,28+,29-,30+/m1/s1. The van der Waals surface area contributed by atoms with Gasteiger partial charge in [-0.1, -0.05) is 54.6 Å². The molecular formula is C37H49N11O6. The van der Waals surface area contributed by atoms with E-state index in [1.807, 2.05) is 42.5 Å². The van der Waals surface area contributed by atoms with Crippen molar-refractivity contribution < 1.29 is 29.1 Å². The van der Waals surface area contributed by atoms with Gasteiger partial charge < -0.3 is 54.6 Å². The molecule has 5 amide bonds. The van der Waals surface area contributed by atoms with Gasteiger partial charge in [0, 0.05) is 25.9 Å². The highest BCUT2D eigenvalue weighted by molar-refractivity contribution is 5.98. The number of nitrogens with one attached hydrogen (secondary N) is 5. The lowest BCUT2D eigenvalue weighted by molar-refractivity contribution is -0.134. The van der Waals surface area contributed by atoms with Gasteiger partial charge in [0.2, 0.25) is 29.5 Å². The Balaban J connectivity index is 1.71. The number of carbonyl (C=O) groups excluding carboxylic acids is 5. The third kappa shape index (κ3) is 12.4. The quantitative estimate of drug-likeness (QED) is 0.0607. The fraction of sp³-hybridized carbons (Fsp3) is 0.378. The molecule has 0 radical (unpaired) electrons. The highest BCUT2D eigenvalue weighted by Gasteiger charge is 2.33. The summed E-state index contributed by atoms with van der Waals surface area (Å²) in [5.41, 5.74) is 23.2. The Bertz CT molecular complexity index is 1860. The normalized spacial score (nSPS) is 21.3. The number of hydrogen-bond acceptors (Lipinski definition) is 8. The number of rotatable bonds is 12. The van der Waals surface area contributed by atoms with Crippen molar-refractivity contribution in [2.75, 3.05) is 13.1 Å². The van der Waals surface area contributed by atoms with Crippen LogP contribution in [0.25, 0.3) is 10.8 Å². The first kappa shape index (κ1) is 40.4. The van der Waals surface area contributed by atoms with Crippen LogP contribution in [0.15, 0.2) is 76.7 Å². The van der Waals surface area contributed by atoms with Gasteiger partial charge in [-0.15, -0.1) is 0 Å². The molecule has 3 aromatic rings. The van der Waals surface area contributed by atoms with Gasteiger partial charge in [-0.25, -0.2) is 0 Å². The molecular weight excluding hydrogens is 694 g/mol. The number of aliphatic imine (C=N–C) groups is 2. The number of phenols is 1. The van der Waals surface area contributed by atoms with Crippen LogP contribution in [0.2, 0.25) is 0 Å². The number of benzene rings is 3. The summed E-state index contributed by atoms with van der Waals surface area (Å²) in [6, 6.07) is 13.6. The molecule has 0 saturated carbocycles. The van der Waals surface area contributed by atoms with Crippen molar-refractivity contribution in [3.63, 3.8) is 0 Å². The zero-order valence-electron chi connectivity index (χ0n) is 30.1. The van der Waals surface area contributed by atoms with E-state index >= 15 is 0 Å². The van der Waals surface area contributed by atoms with Gasteiger partial charge in [0.05, 0.1) is 0 Å². The number of guanidine groups is 2. The summed E-state index contributed by atoms with van der Waals surface area (Å²) in [5, 5.41) is 25.3. The third-order valence-electron chi connectivity index (χ3n) is 8.80. The largest absolute Gasteiger partial charge is 0.508 e. The maximum atomic E-state index is 14.0. The van der Waals surface area contributed by atoms with Crippen LogP contribution < -0.4 is 49.5 Å². The van der Waals surface area contributed by atoms with Crippen molar-refractivity contribution in [1.29, 1.82) is 0 Å². The van der Waals surface area contributed by atoms with E-state index in [0.717, 1.165) is 16.3 Å². The van der Waals surface area contributed by atoms with Crippen molar-refractivity contribution in [3.8, 4) is 5.75 Å². The van der Waals surface area contributed by atoms with Crippen molar-refractivity contribution >= 4 is 52.2 Å². The Hall–Kier alpha value is -6.39. The third-order valence-corrected chi connectivity index (χ3v) is 8.80. The van der Waals surface area contributed by atoms with E-state index in [-0.39, 0.29) is 69.3 Å². The Kier molecular flexibility index (Phi) is 14.5. The molecule has 1 aliphatic rings. The lowest BCUT2D eigenvalue weighted by atomic mass is 10.00. The summed E-state index contributed by atoms with van der Waals surface area (Å²) in [5.74, 6) is -3.67. The van der Waals surface area contributed by atoms with E-state index in [9.17, 15) is 29.1 Å². The average Bonchev–Trinajstić information content (AvgIpc) is 3.13. The van der Waals surface area contributed by atoms with Crippen LogP contribution in [0.5, 0.6) is 5.75 Å². The zero-order valence-corrected chi connectivity index (χ0v) is 30.1. The minimum atomic E-state index is -1.21. The van der Waals surface area contributed by atoms with Crippen molar-refractivity contribution in [1.82, 2.24) is 26.6 Å².